The molecule has 0 bridgehead atoms. The summed E-state index contributed by atoms with van der Waals surface area (Å²) >= 11 is 0. The van der Waals surface area contributed by atoms with E-state index < -0.39 is 0 Å². The molecule has 2 N–H and O–H groups in total. The third kappa shape index (κ3) is 2.68. The normalized spacial score (nSPS) is 14.6. The lowest BCUT2D eigenvalue weighted by Gasteiger charge is -2.22. The molecule has 0 fully saturated rings. The number of nitrogens with zero attached hydrogens (tertiary/aromatic N) is 1. The van der Waals surface area contributed by atoms with Crippen molar-refractivity contribution in [3.63, 3.8) is 0 Å². The van der Waals surface area contributed by atoms with Gasteiger partial charge in [-0.3, -0.25) is 4.98 Å². The maximum absolute atomic E-state index is 6.28. The molecule has 18 heavy (non-hydrogen) atoms. The second-order valence-corrected chi connectivity index (χ2v) is 4.54. The fraction of sp³-hybridized carbons (Fsp3) is 0.400. The van der Waals surface area contributed by atoms with Crippen LogP contribution in [0.2, 0.25) is 0 Å². The quantitative estimate of drug-likeness (QED) is 0.879. The van der Waals surface area contributed by atoms with Crippen molar-refractivity contribution in [1.29, 1.82) is 0 Å². The first-order valence-electron chi connectivity index (χ1n) is 6.39. The van der Waals surface area contributed by atoms with Gasteiger partial charge in [-0.15, -0.1) is 0 Å². The molecule has 0 amide bonds. The van der Waals surface area contributed by atoms with Crippen molar-refractivity contribution < 1.29 is 4.74 Å². The van der Waals surface area contributed by atoms with E-state index in [9.17, 15) is 0 Å². The van der Waals surface area contributed by atoms with Crippen molar-refractivity contribution in [2.75, 3.05) is 7.11 Å². The molecule has 2 atom stereocenters. The number of hydrogen-bond donors (Lipinski definition) is 1. The molecule has 0 aliphatic carbocycles. The number of fused-ring (bicyclic) bond motifs is 1. The molecule has 0 spiro atoms. The molecule has 0 aliphatic rings. The highest BCUT2D eigenvalue weighted by Crippen LogP contribution is 2.23. The lowest BCUT2D eigenvalue weighted by atomic mass is 9.97. The van der Waals surface area contributed by atoms with Crippen molar-refractivity contribution in [2.24, 2.45) is 5.73 Å². The predicted molar refractivity (Wildman–Crippen MR) is 74.4 cm³/mol. The SMILES string of the molecule is CCCC(OC)C(N)c1ccc2ncccc2c1. The van der Waals surface area contributed by atoms with Crippen LogP contribution >= 0.6 is 0 Å². The van der Waals surface area contributed by atoms with Gasteiger partial charge in [-0.2, -0.15) is 0 Å². The highest BCUT2D eigenvalue weighted by atomic mass is 16.5. The zero-order chi connectivity index (χ0) is 13.0. The number of methoxy groups -OCH3 is 1. The fourth-order valence-electron chi connectivity index (χ4n) is 2.24. The topological polar surface area (TPSA) is 48.1 Å². The summed E-state index contributed by atoms with van der Waals surface area (Å²) in [6, 6.07) is 10.1. The van der Waals surface area contributed by atoms with Crippen LogP contribution in [0.4, 0.5) is 0 Å². The van der Waals surface area contributed by atoms with Gasteiger partial charge in [0.05, 0.1) is 17.7 Å². The molecule has 2 rings (SSSR count). The summed E-state index contributed by atoms with van der Waals surface area (Å²) < 4.78 is 5.48. The van der Waals surface area contributed by atoms with Crippen molar-refractivity contribution in [3.05, 3.63) is 42.1 Å². The van der Waals surface area contributed by atoms with Crippen LogP contribution in [0.3, 0.4) is 0 Å². The minimum Gasteiger partial charge on any atom is -0.379 e. The Morgan fingerprint density at radius 2 is 2.17 bits per heavy atom. The third-order valence-corrected chi connectivity index (χ3v) is 3.29. The highest BCUT2D eigenvalue weighted by molar-refractivity contribution is 5.79. The predicted octanol–water partition coefficient (Wildman–Crippen LogP) is 3.05. The molecule has 1 aromatic heterocycles. The van der Waals surface area contributed by atoms with E-state index in [1.807, 2.05) is 18.2 Å². The zero-order valence-electron chi connectivity index (χ0n) is 11.0. The van der Waals surface area contributed by atoms with Gasteiger partial charge in [0.25, 0.3) is 0 Å². The molecule has 3 heteroatoms. The molecule has 0 saturated carbocycles. The highest BCUT2D eigenvalue weighted by Gasteiger charge is 2.18. The van der Waals surface area contributed by atoms with Gasteiger partial charge in [0.15, 0.2) is 0 Å². The Kier molecular flexibility index (Phi) is 4.28. The molecule has 1 heterocycles. The van der Waals surface area contributed by atoms with Crippen molar-refractivity contribution >= 4 is 10.9 Å². The number of ether oxygens (including phenoxy) is 1. The Hall–Kier alpha value is -1.45. The molecule has 3 nitrogen and oxygen atoms in total. The summed E-state index contributed by atoms with van der Waals surface area (Å²) in [4.78, 5) is 4.31. The molecule has 96 valence electrons. The second-order valence-electron chi connectivity index (χ2n) is 4.54. The summed E-state index contributed by atoms with van der Waals surface area (Å²) in [7, 11) is 1.72. The van der Waals surface area contributed by atoms with Gasteiger partial charge in [-0.25, -0.2) is 0 Å². The Morgan fingerprint density at radius 3 is 2.89 bits per heavy atom. The fourth-order valence-corrected chi connectivity index (χ4v) is 2.24. The van der Waals surface area contributed by atoms with Crippen LogP contribution in [0.5, 0.6) is 0 Å². The second kappa shape index (κ2) is 5.94. The van der Waals surface area contributed by atoms with Crippen LogP contribution < -0.4 is 5.73 Å². The number of nitrogens with two attached hydrogens (primary N) is 1. The smallest absolute Gasteiger partial charge is 0.0763 e. The van der Waals surface area contributed by atoms with E-state index in [1.165, 1.54) is 0 Å². The molecule has 0 aliphatic heterocycles. The number of rotatable bonds is 5. The molecule has 1 aromatic carbocycles. The number of hydrogen-bond acceptors (Lipinski definition) is 3. The largest absolute Gasteiger partial charge is 0.379 e. The Labute approximate surface area is 108 Å². The van der Waals surface area contributed by atoms with Gasteiger partial charge in [-0.1, -0.05) is 25.5 Å². The first-order chi connectivity index (χ1) is 8.76. The monoisotopic (exact) mass is 244 g/mol. The minimum atomic E-state index is -0.0837. The first kappa shape index (κ1) is 13.0. The average molecular weight is 244 g/mol. The Morgan fingerprint density at radius 1 is 1.33 bits per heavy atom. The molecule has 0 radical (unpaired) electrons. The van der Waals surface area contributed by atoms with Gasteiger partial charge >= 0.3 is 0 Å². The van der Waals surface area contributed by atoms with Crippen molar-refractivity contribution in [3.8, 4) is 0 Å². The Bertz CT molecular complexity index is 513. The van der Waals surface area contributed by atoms with Gasteiger partial charge in [0.2, 0.25) is 0 Å². The first-order valence-corrected chi connectivity index (χ1v) is 6.39. The average Bonchev–Trinajstić information content (AvgIpc) is 2.43. The van der Waals surface area contributed by atoms with Crippen LogP contribution in [0.1, 0.15) is 31.4 Å². The molecule has 2 unspecified atom stereocenters. The van der Waals surface area contributed by atoms with Gasteiger partial charge < -0.3 is 10.5 Å². The summed E-state index contributed by atoms with van der Waals surface area (Å²) in [5.41, 5.74) is 8.39. The number of benzene rings is 1. The standard InChI is InChI=1S/C15H20N2O/c1-3-5-14(18-2)15(16)12-7-8-13-11(10-12)6-4-9-17-13/h4,6-10,14-15H,3,5,16H2,1-2H3. The number of aromatic nitrogens is 1. The van der Waals surface area contributed by atoms with E-state index in [1.54, 1.807) is 13.3 Å². The summed E-state index contributed by atoms with van der Waals surface area (Å²) in [6.07, 6.45) is 3.92. The van der Waals surface area contributed by atoms with E-state index in [0.29, 0.717) is 0 Å². The number of pyridine rings is 1. The van der Waals surface area contributed by atoms with Crippen LogP contribution in [0, 0.1) is 0 Å². The van der Waals surface area contributed by atoms with E-state index in [-0.39, 0.29) is 12.1 Å². The van der Waals surface area contributed by atoms with Gasteiger partial charge in [0, 0.05) is 18.7 Å². The third-order valence-electron chi connectivity index (χ3n) is 3.29. The van der Waals surface area contributed by atoms with Crippen LogP contribution in [-0.2, 0) is 4.74 Å². The van der Waals surface area contributed by atoms with Gasteiger partial charge in [-0.05, 0) is 30.2 Å². The van der Waals surface area contributed by atoms with Crippen LogP contribution in [0.15, 0.2) is 36.5 Å². The minimum absolute atomic E-state index is 0.0733. The molecule has 2 aromatic rings. The molecular formula is C15H20N2O. The van der Waals surface area contributed by atoms with E-state index in [4.69, 9.17) is 10.5 Å². The van der Waals surface area contributed by atoms with E-state index >= 15 is 0 Å². The van der Waals surface area contributed by atoms with Crippen LogP contribution in [-0.4, -0.2) is 18.2 Å². The van der Waals surface area contributed by atoms with E-state index in [0.717, 1.165) is 29.3 Å². The summed E-state index contributed by atoms with van der Waals surface area (Å²) in [6.45, 7) is 2.14. The Balaban J connectivity index is 2.29. The molecular weight excluding hydrogens is 224 g/mol. The lowest BCUT2D eigenvalue weighted by molar-refractivity contribution is 0.0725. The van der Waals surface area contributed by atoms with Crippen LogP contribution in [0.25, 0.3) is 10.9 Å². The maximum Gasteiger partial charge on any atom is 0.0763 e. The van der Waals surface area contributed by atoms with Gasteiger partial charge in [0.1, 0.15) is 0 Å². The summed E-state index contributed by atoms with van der Waals surface area (Å²) in [5.74, 6) is 0. The zero-order valence-corrected chi connectivity index (χ0v) is 11.0. The lowest BCUT2D eigenvalue weighted by Crippen LogP contribution is -2.27. The summed E-state index contributed by atoms with van der Waals surface area (Å²) in [5, 5.41) is 1.12. The molecule has 0 saturated heterocycles. The van der Waals surface area contributed by atoms with E-state index in [2.05, 4.69) is 24.0 Å². The van der Waals surface area contributed by atoms with Crippen molar-refractivity contribution in [1.82, 2.24) is 4.98 Å². The van der Waals surface area contributed by atoms with Crippen molar-refractivity contribution in [2.45, 2.75) is 31.9 Å². The maximum atomic E-state index is 6.28.